The molecule has 1 unspecified atom stereocenters. The van der Waals surface area contributed by atoms with Gasteiger partial charge in [-0.3, -0.25) is 0 Å². The number of hydrogen-bond donors (Lipinski definition) is 2. The average molecular weight is 282 g/mol. The Morgan fingerprint density at radius 2 is 1.85 bits per heavy atom. The Morgan fingerprint density at radius 1 is 1.15 bits per heavy atom. The fourth-order valence-electron chi connectivity index (χ4n) is 3.74. The number of aliphatic hydroxyl groups is 1. The second-order valence-corrected chi connectivity index (χ2v) is 6.88. The van der Waals surface area contributed by atoms with Gasteiger partial charge in [-0.2, -0.15) is 0 Å². The van der Waals surface area contributed by atoms with E-state index in [1.807, 2.05) is 0 Å². The molecule has 2 saturated carbocycles. The number of hydrogen-bond acceptors (Lipinski definition) is 3. The lowest BCUT2D eigenvalue weighted by Gasteiger charge is -2.34. The molecule has 1 atom stereocenters. The Bertz CT molecular complexity index is 268. The van der Waals surface area contributed by atoms with Crippen molar-refractivity contribution < 1.29 is 5.11 Å². The average Bonchev–Trinajstić information content (AvgIpc) is 3.12. The van der Waals surface area contributed by atoms with E-state index in [2.05, 4.69) is 24.1 Å². The smallest absolute Gasteiger partial charge is 0.0613 e. The summed E-state index contributed by atoms with van der Waals surface area (Å²) in [7, 11) is 0. The molecule has 0 amide bonds. The van der Waals surface area contributed by atoms with Crippen molar-refractivity contribution in [2.24, 2.45) is 0 Å². The maximum absolute atomic E-state index is 9.81. The second-order valence-electron chi connectivity index (χ2n) is 6.88. The third-order valence-electron chi connectivity index (χ3n) is 5.42. The van der Waals surface area contributed by atoms with Gasteiger partial charge in [-0.05, 0) is 58.0 Å². The molecule has 2 N–H and O–H groups in total. The van der Waals surface area contributed by atoms with Crippen LogP contribution in [0.4, 0.5) is 0 Å². The minimum Gasteiger partial charge on any atom is -0.394 e. The Morgan fingerprint density at radius 3 is 2.35 bits per heavy atom. The first-order valence-corrected chi connectivity index (χ1v) is 8.85. The second kappa shape index (κ2) is 7.77. The SMILES string of the molecule is CCN(CCCC(CC)(CO)NC1CC1)C1CCCC1. The topological polar surface area (TPSA) is 35.5 Å². The van der Waals surface area contributed by atoms with E-state index in [1.165, 1.54) is 58.0 Å². The maximum atomic E-state index is 9.81. The van der Waals surface area contributed by atoms with Gasteiger partial charge in [0.25, 0.3) is 0 Å². The molecule has 2 aliphatic rings. The molecular formula is C17H34N2O. The molecule has 0 saturated heterocycles. The Balaban J connectivity index is 1.75. The van der Waals surface area contributed by atoms with Crippen LogP contribution < -0.4 is 5.32 Å². The highest BCUT2D eigenvalue weighted by molar-refractivity contribution is 4.94. The molecular weight excluding hydrogens is 248 g/mol. The standard InChI is InChI=1S/C17H34N2O/c1-3-17(14-20,18-15-10-11-15)12-7-13-19(4-2)16-8-5-6-9-16/h15-16,18,20H,3-14H2,1-2H3. The molecule has 2 rings (SSSR count). The molecule has 0 spiro atoms. The predicted octanol–water partition coefficient (Wildman–Crippen LogP) is 2.92. The van der Waals surface area contributed by atoms with E-state index in [0.717, 1.165) is 18.9 Å². The van der Waals surface area contributed by atoms with Crippen molar-refractivity contribution in [2.75, 3.05) is 19.7 Å². The summed E-state index contributed by atoms with van der Waals surface area (Å²) < 4.78 is 0. The molecule has 0 bridgehead atoms. The quantitative estimate of drug-likeness (QED) is 0.647. The van der Waals surface area contributed by atoms with Crippen LogP contribution in [0.2, 0.25) is 0 Å². The molecule has 0 aliphatic heterocycles. The van der Waals surface area contributed by atoms with E-state index in [1.54, 1.807) is 0 Å². The monoisotopic (exact) mass is 282 g/mol. The third-order valence-corrected chi connectivity index (χ3v) is 5.42. The summed E-state index contributed by atoms with van der Waals surface area (Å²) in [5.41, 5.74) is -0.0176. The van der Waals surface area contributed by atoms with Crippen LogP contribution in [0.1, 0.15) is 71.6 Å². The maximum Gasteiger partial charge on any atom is 0.0613 e. The lowest BCUT2D eigenvalue weighted by Crippen LogP contribution is -2.49. The van der Waals surface area contributed by atoms with Crippen LogP contribution in [-0.4, -0.2) is 47.3 Å². The minimum atomic E-state index is -0.0176. The highest BCUT2D eigenvalue weighted by Crippen LogP contribution is 2.28. The van der Waals surface area contributed by atoms with Gasteiger partial charge in [0, 0.05) is 17.6 Å². The van der Waals surface area contributed by atoms with Gasteiger partial charge in [0.1, 0.15) is 0 Å². The van der Waals surface area contributed by atoms with Crippen LogP contribution in [0, 0.1) is 0 Å². The van der Waals surface area contributed by atoms with Gasteiger partial charge >= 0.3 is 0 Å². The molecule has 0 heterocycles. The fraction of sp³-hybridized carbons (Fsp3) is 1.00. The third kappa shape index (κ3) is 4.44. The number of rotatable bonds is 10. The summed E-state index contributed by atoms with van der Waals surface area (Å²) in [6.07, 6.45) is 11.6. The van der Waals surface area contributed by atoms with Crippen molar-refractivity contribution in [2.45, 2.75) is 89.3 Å². The highest BCUT2D eigenvalue weighted by Gasteiger charge is 2.34. The summed E-state index contributed by atoms with van der Waals surface area (Å²) in [4.78, 5) is 2.67. The van der Waals surface area contributed by atoms with Crippen molar-refractivity contribution in [1.82, 2.24) is 10.2 Å². The van der Waals surface area contributed by atoms with Gasteiger partial charge in [0.15, 0.2) is 0 Å². The zero-order chi connectivity index (χ0) is 14.4. The molecule has 118 valence electrons. The lowest BCUT2D eigenvalue weighted by atomic mass is 9.90. The molecule has 3 nitrogen and oxygen atoms in total. The van der Waals surface area contributed by atoms with Crippen LogP contribution in [0.3, 0.4) is 0 Å². The van der Waals surface area contributed by atoms with Crippen molar-refractivity contribution >= 4 is 0 Å². The van der Waals surface area contributed by atoms with Gasteiger partial charge in [0.05, 0.1) is 6.61 Å². The van der Waals surface area contributed by atoms with Crippen LogP contribution in [0.25, 0.3) is 0 Å². The molecule has 0 aromatic rings. The van der Waals surface area contributed by atoms with Crippen molar-refractivity contribution in [3.05, 3.63) is 0 Å². The van der Waals surface area contributed by atoms with E-state index in [4.69, 9.17) is 0 Å². The molecule has 20 heavy (non-hydrogen) atoms. The van der Waals surface area contributed by atoms with Crippen LogP contribution in [-0.2, 0) is 0 Å². The van der Waals surface area contributed by atoms with Gasteiger partial charge in [-0.1, -0.05) is 26.7 Å². The van der Waals surface area contributed by atoms with E-state index in [9.17, 15) is 5.11 Å². The van der Waals surface area contributed by atoms with Crippen molar-refractivity contribution in [3.63, 3.8) is 0 Å². The van der Waals surface area contributed by atoms with E-state index < -0.39 is 0 Å². The first-order chi connectivity index (χ1) is 9.73. The molecule has 2 aliphatic carbocycles. The van der Waals surface area contributed by atoms with Gasteiger partial charge < -0.3 is 15.3 Å². The fourth-order valence-corrected chi connectivity index (χ4v) is 3.74. The highest BCUT2D eigenvalue weighted by atomic mass is 16.3. The summed E-state index contributed by atoms with van der Waals surface area (Å²) in [6.45, 7) is 7.17. The Hall–Kier alpha value is -0.120. The van der Waals surface area contributed by atoms with E-state index in [0.29, 0.717) is 6.04 Å². The first-order valence-electron chi connectivity index (χ1n) is 8.85. The normalized spacial score (nSPS) is 23.4. The molecule has 0 aromatic carbocycles. The predicted molar refractivity (Wildman–Crippen MR) is 85.0 cm³/mol. The summed E-state index contributed by atoms with van der Waals surface area (Å²) in [5.74, 6) is 0. The summed E-state index contributed by atoms with van der Waals surface area (Å²) >= 11 is 0. The van der Waals surface area contributed by atoms with E-state index >= 15 is 0 Å². The summed E-state index contributed by atoms with van der Waals surface area (Å²) in [6, 6.07) is 1.51. The van der Waals surface area contributed by atoms with Crippen LogP contribution in [0.15, 0.2) is 0 Å². The molecule has 0 aromatic heterocycles. The summed E-state index contributed by atoms with van der Waals surface area (Å²) in [5, 5.41) is 13.5. The lowest BCUT2D eigenvalue weighted by molar-refractivity contribution is 0.131. The zero-order valence-electron chi connectivity index (χ0n) is 13.5. The number of nitrogens with zero attached hydrogens (tertiary/aromatic N) is 1. The Labute approximate surface area is 125 Å². The first kappa shape index (κ1) is 16.3. The van der Waals surface area contributed by atoms with Gasteiger partial charge in [0.2, 0.25) is 0 Å². The van der Waals surface area contributed by atoms with Gasteiger partial charge in [-0.15, -0.1) is 0 Å². The largest absolute Gasteiger partial charge is 0.394 e. The number of aliphatic hydroxyl groups excluding tert-OH is 1. The molecule has 0 radical (unpaired) electrons. The van der Waals surface area contributed by atoms with Crippen molar-refractivity contribution in [1.29, 1.82) is 0 Å². The Kier molecular flexibility index (Phi) is 6.31. The molecule has 3 heteroatoms. The van der Waals surface area contributed by atoms with Gasteiger partial charge in [-0.25, -0.2) is 0 Å². The molecule has 2 fully saturated rings. The van der Waals surface area contributed by atoms with Crippen LogP contribution in [0.5, 0.6) is 0 Å². The van der Waals surface area contributed by atoms with Crippen LogP contribution >= 0.6 is 0 Å². The van der Waals surface area contributed by atoms with E-state index in [-0.39, 0.29) is 12.1 Å². The van der Waals surface area contributed by atoms with Crippen molar-refractivity contribution in [3.8, 4) is 0 Å². The number of nitrogens with one attached hydrogen (secondary N) is 1. The zero-order valence-corrected chi connectivity index (χ0v) is 13.5. The minimum absolute atomic E-state index is 0.0176.